The normalized spacial score (nSPS) is 28.7. The van der Waals surface area contributed by atoms with E-state index in [1.807, 2.05) is 0 Å². The molecule has 0 bridgehead atoms. The Hall–Kier alpha value is -0.730. The molecule has 15 heavy (non-hydrogen) atoms. The van der Waals surface area contributed by atoms with Gasteiger partial charge in [0.05, 0.1) is 6.54 Å². The maximum atomic E-state index is 4.44. The number of nitrogens with one attached hydrogen (secondary N) is 2. The first-order valence-corrected chi connectivity index (χ1v) is 6.29. The highest BCUT2D eigenvalue weighted by Gasteiger charge is 2.32. The lowest BCUT2D eigenvalue weighted by Crippen LogP contribution is -2.42. The SMILES string of the molecule is CCC1(CNC2=NCC(C)N2)CCCC1. The van der Waals surface area contributed by atoms with Crippen LogP contribution in [0.4, 0.5) is 0 Å². The molecular formula is C12H23N3. The maximum Gasteiger partial charge on any atom is 0.191 e. The molecule has 0 radical (unpaired) electrons. The van der Waals surface area contributed by atoms with Crippen molar-refractivity contribution in [1.29, 1.82) is 0 Å². The predicted octanol–water partition coefficient (Wildman–Crippen LogP) is 1.89. The molecule has 1 fully saturated rings. The largest absolute Gasteiger partial charge is 0.356 e. The van der Waals surface area contributed by atoms with Gasteiger partial charge >= 0.3 is 0 Å². The van der Waals surface area contributed by atoms with E-state index >= 15 is 0 Å². The minimum Gasteiger partial charge on any atom is -0.356 e. The van der Waals surface area contributed by atoms with Gasteiger partial charge in [-0.05, 0) is 31.6 Å². The van der Waals surface area contributed by atoms with Gasteiger partial charge in [0.1, 0.15) is 0 Å². The van der Waals surface area contributed by atoms with Crippen LogP contribution in [-0.2, 0) is 0 Å². The molecule has 3 nitrogen and oxygen atoms in total. The van der Waals surface area contributed by atoms with E-state index in [0.29, 0.717) is 11.5 Å². The van der Waals surface area contributed by atoms with Gasteiger partial charge in [-0.3, -0.25) is 4.99 Å². The highest BCUT2D eigenvalue weighted by molar-refractivity contribution is 5.81. The van der Waals surface area contributed by atoms with Gasteiger partial charge < -0.3 is 10.6 Å². The molecular weight excluding hydrogens is 186 g/mol. The molecule has 0 aromatic carbocycles. The Bertz CT molecular complexity index is 241. The van der Waals surface area contributed by atoms with Crippen molar-refractivity contribution in [2.75, 3.05) is 13.1 Å². The van der Waals surface area contributed by atoms with Crippen LogP contribution in [0.2, 0.25) is 0 Å². The van der Waals surface area contributed by atoms with Crippen molar-refractivity contribution in [1.82, 2.24) is 10.6 Å². The zero-order valence-electron chi connectivity index (χ0n) is 9.97. The molecule has 0 saturated heterocycles. The van der Waals surface area contributed by atoms with Crippen LogP contribution < -0.4 is 10.6 Å². The average Bonchev–Trinajstić information content (AvgIpc) is 2.85. The van der Waals surface area contributed by atoms with Gasteiger partial charge in [0, 0.05) is 12.6 Å². The molecule has 0 aromatic rings. The summed E-state index contributed by atoms with van der Waals surface area (Å²) in [6, 6.07) is 0.508. The average molecular weight is 209 g/mol. The second-order valence-corrected chi connectivity index (χ2v) is 5.15. The standard InChI is InChI=1S/C12H23N3/c1-3-12(6-4-5-7-12)9-14-11-13-8-10(2)15-11/h10H,3-9H2,1-2H3,(H2,13,14,15). The van der Waals surface area contributed by atoms with Crippen molar-refractivity contribution in [3.05, 3.63) is 0 Å². The molecule has 0 aromatic heterocycles. The van der Waals surface area contributed by atoms with Gasteiger partial charge in [-0.1, -0.05) is 19.8 Å². The third-order valence-electron chi connectivity index (χ3n) is 3.95. The van der Waals surface area contributed by atoms with E-state index in [1.165, 1.54) is 32.1 Å². The minimum absolute atomic E-state index is 0.508. The lowest BCUT2D eigenvalue weighted by atomic mass is 9.83. The van der Waals surface area contributed by atoms with Gasteiger partial charge in [0.15, 0.2) is 5.96 Å². The van der Waals surface area contributed by atoms with Crippen LogP contribution in [0, 0.1) is 5.41 Å². The van der Waals surface area contributed by atoms with E-state index in [2.05, 4.69) is 29.5 Å². The first-order valence-electron chi connectivity index (χ1n) is 6.29. The lowest BCUT2D eigenvalue weighted by Gasteiger charge is -2.28. The molecule has 1 aliphatic heterocycles. The van der Waals surface area contributed by atoms with Crippen molar-refractivity contribution in [3.63, 3.8) is 0 Å². The molecule has 2 rings (SSSR count). The molecule has 2 aliphatic rings. The van der Waals surface area contributed by atoms with Crippen LogP contribution in [0.1, 0.15) is 46.0 Å². The summed E-state index contributed by atoms with van der Waals surface area (Å²) >= 11 is 0. The topological polar surface area (TPSA) is 36.4 Å². The first kappa shape index (κ1) is 10.8. The van der Waals surface area contributed by atoms with E-state index in [1.54, 1.807) is 0 Å². The summed E-state index contributed by atoms with van der Waals surface area (Å²) < 4.78 is 0. The van der Waals surface area contributed by atoms with Crippen molar-refractivity contribution >= 4 is 5.96 Å². The van der Waals surface area contributed by atoms with Crippen LogP contribution in [0.15, 0.2) is 4.99 Å². The smallest absolute Gasteiger partial charge is 0.191 e. The Morgan fingerprint density at radius 3 is 2.73 bits per heavy atom. The van der Waals surface area contributed by atoms with E-state index in [0.717, 1.165) is 19.0 Å². The maximum absolute atomic E-state index is 4.44. The van der Waals surface area contributed by atoms with Crippen LogP contribution in [0.3, 0.4) is 0 Å². The summed E-state index contributed by atoms with van der Waals surface area (Å²) in [7, 11) is 0. The zero-order chi connectivity index (χ0) is 10.7. The second kappa shape index (κ2) is 4.42. The first-order chi connectivity index (χ1) is 7.24. The van der Waals surface area contributed by atoms with Gasteiger partial charge in [-0.2, -0.15) is 0 Å². The van der Waals surface area contributed by atoms with Crippen molar-refractivity contribution in [2.45, 2.75) is 52.0 Å². The number of hydrogen-bond donors (Lipinski definition) is 2. The summed E-state index contributed by atoms with van der Waals surface area (Å²) in [6.07, 6.45) is 6.89. The van der Waals surface area contributed by atoms with Crippen LogP contribution in [0.25, 0.3) is 0 Å². The Morgan fingerprint density at radius 1 is 1.47 bits per heavy atom. The van der Waals surface area contributed by atoms with E-state index in [-0.39, 0.29) is 0 Å². The molecule has 1 atom stereocenters. The van der Waals surface area contributed by atoms with Gasteiger partial charge in [0.25, 0.3) is 0 Å². The Balaban J connectivity index is 1.81. The third kappa shape index (κ3) is 2.44. The molecule has 0 amide bonds. The summed E-state index contributed by atoms with van der Waals surface area (Å²) in [4.78, 5) is 4.44. The summed E-state index contributed by atoms with van der Waals surface area (Å²) in [6.45, 7) is 6.51. The molecule has 1 aliphatic carbocycles. The lowest BCUT2D eigenvalue weighted by molar-refractivity contribution is 0.284. The summed E-state index contributed by atoms with van der Waals surface area (Å²) in [5.41, 5.74) is 0.552. The molecule has 0 spiro atoms. The molecule has 3 heteroatoms. The Labute approximate surface area is 92.7 Å². The zero-order valence-corrected chi connectivity index (χ0v) is 9.97. The molecule has 1 heterocycles. The van der Waals surface area contributed by atoms with E-state index < -0.39 is 0 Å². The number of aliphatic imine (C=N–C) groups is 1. The third-order valence-corrected chi connectivity index (χ3v) is 3.95. The Kier molecular flexibility index (Phi) is 3.17. The number of rotatable bonds is 3. The fourth-order valence-electron chi connectivity index (χ4n) is 2.71. The van der Waals surface area contributed by atoms with Crippen molar-refractivity contribution in [2.24, 2.45) is 10.4 Å². The van der Waals surface area contributed by atoms with Gasteiger partial charge in [-0.25, -0.2) is 0 Å². The quantitative estimate of drug-likeness (QED) is 0.745. The highest BCUT2D eigenvalue weighted by Crippen LogP contribution is 2.40. The molecule has 86 valence electrons. The molecule has 1 unspecified atom stereocenters. The summed E-state index contributed by atoms with van der Waals surface area (Å²) in [5, 5.41) is 6.84. The second-order valence-electron chi connectivity index (χ2n) is 5.15. The van der Waals surface area contributed by atoms with E-state index in [4.69, 9.17) is 0 Å². The summed E-state index contributed by atoms with van der Waals surface area (Å²) in [5.74, 6) is 1.02. The fourth-order valence-corrected chi connectivity index (χ4v) is 2.71. The molecule has 2 N–H and O–H groups in total. The van der Waals surface area contributed by atoms with Crippen LogP contribution in [0.5, 0.6) is 0 Å². The Morgan fingerprint density at radius 2 is 2.20 bits per heavy atom. The van der Waals surface area contributed by atoms with Gasteiger partial charge in [0.2, 0.25) is 0 Å². The predicted molar refractivity (Wildman–Crippen MR) is 64.1 cm³/mol. The minimum atomic E-state index is 0.508. The van der Waals surface area contributed by atoms with Crippen molar-refractivity contribution < 1.29 is 0 Å². The number of guanidine groups is 1. The van der Waals surface area contributed by atoms with Gasteiger partial charge in [-0.15, -0.1) is 0 Å². The number of nitrogens with zero attached hydrogens (tertiary/aromatic N) is 1. The fraction of sp³-hybridized carbons (Fsp3) is 0.917. The van der Waals surface area contributed by atoms with Crippen LogP contribution in [-0.4, -0.2) is 25.1 Å². The molecule has 1 saturated carbocycles. The van der Waals surface area contributed by atoms with E-state index in [9.17, 15) is 0 Å². The monoisotopic (exact) mass is 209 g/mol. The number of hydrogen-bond acceptors (Lipinski definition) is 3. The highest BCUT2D eigenvalue weighted by atomic mass is 15.2. The van der Waals surface area contributed by atoms with Crippen molar-refractivity contribution in [3.8, 4) is 0 Å². The van der Waals surface area contributed by atoms with Crippen LogP contribution >= 0.6 is 0 Å².